The number of ether oxygens (including phenoxy) is 1. The minimum absolute atomic E-state index is 0.0492. The number of morpholine rings is 1. The smallest absolute Gasteiger partial charge is 0.256 e. The molecule has 1 N–H and O–H groups in total. The fourth-order valence-electron chi connectivity index (χ4n) is 3.37. The number of thiophene rings is 1. The maximum atomic E-state index is 12.5. The van der Waals surface area contributed by atoms with Crippen LogP contribution >= 0.6 is 11.3 Å². The monoisotopic (exact) mass is 358 g/mol. The molecule has 134 valence electrons. The molecule has 1 aromatic heterocycles. The molecule has 1 aromatic carbocycles. The molecule has 2 atom stereocenters. The molecular formula is C20H26N2O2S. The van der Waals surface area contributed by atoms with Crippen molar-refractivity contribution in [2.75, 3.05) is 18.4 Å². The quantitative estimate of drug-likeness (QED) is 0.889. The zero-order chi connectivity index (χ0) is 18.0. The number of hydrogen-bond donors (Lipinski definition) is 1. The lowest BCUT2D eigenvalue weighted by atomic mass is 10.1. The average molecular weight is 359 g/mol. The minimum atomic E-state index is -0.0492. The lowest BCUT2D eigenvalue weighted by Crippen LogP contribution is -2.44. The fraction of sp³-hybridized carbons (Fsp3) is 0.450. The number of benzene rings is 1. The van der Waals surface area contributed by atoms with Gasteiger partial charge in [-0.2, -0.15) is 0 Å². The molecule has 2 aromatic rings. The predicted octanol–water partition coefficient (Wildman–Crippen LogP) is 4.23. The fourth-order valence-corrected chi connectivity index (χ4v) is 4.43. The first-order valence-electron chi connectivity index (χ1n) is 8.77. The van der Waals surface area contributed by atoms with Gasteiger partial charge in [-0.15, -0.1) is 11.3 Å². The van der Waals surface area contributed by atoms with E-state index >= 15 is 0 Å². The van der Waals surface area contributed by atoms with Gasteiger partial charge in [0.05, 0.1) is 12.2 Å². The molecule has 1 aliphatic rings. The van der Waals surface area contributed by atoms with E-state index in [-0.39, 0.29) is 18.1 Å². The van der Waals surface area contributed by atoms with Gasteiger partial charge in [0.25, 0.3) is 5.91 Å². The van der Waals surface area contributed by atoms with Crippen molar-refractivity contribution in [3.05, 3.63) is 51.9 Å². The third kappa shape index (κ3) is 4.29. The summed E-state index contributed by atoms with van der Waals surface area (Å²) < 4.78 is 5.83. The zero-order valence-corrected chi connectivity index (χ0v) is 16.2. The number of amides is 1. The summed E-state index contributed by atoms with van der Waals surface area (Å²) in [5.41, 5.74) is 3.19. The van der Waals surface area contributed by atoms with E-state index in [4.69, 9.17) is 4.74 Å². The number of carbonyl (C=O) groups excluding carboxylic acids is 1. The highest BCUT2D eigenvalue weighted by molar-refractivity contribution is 7.16. The van der Waals surface area contributed by atoms with Crippen molar-refractivity contribution in [3.63, 3.8) is 0 Å². The van der Waals surface area contributed by atoms with Crippen LogP contribution in [0.25, 0.3) is 0 Å². The second-order valence-electron chi connectivity index (χ2n) is 6.86. The van der Waals surface area contributed by atoms with E-state index in [0.29, 0.717) is 5.56 Å². The number of nitrogens with zero attached hydrogens (tertiary/aromatic N) is 1. The molecule has 0 spiro atoms. The predicted molar refractivity (Wildman–Crippen MR) is 103 cm³/mol. The lowest BCUT2D eigenvalue weighted by molar-refractivity contribution is -0.0704. The summed E-state index contributed by atoms with van der Waals surface area (Å²) in [6.07, 6.45) is 0.484. The molecule has 1 saturated heterocycles. The van der Waals surface area contributed by atoms with Crippen LogP contribution < -0.4 is 5.32 Å². The molecule has 3 rings (SSSR count). The Hall–Kier alpha value is -1.69. The highest BCUT2D eigenvalue weighted by Gasteiger charge is 2.25. The number of aryl methyl sites for hydroxylation is 1. The Balaban J connectivity index is 1.79. The molecule has 0 radical (unpaired) electrons. The standard InChI is InChI=1S/C20H26N2O2S/c1-13-10-22(11-14(2)24-13)12-18-15(3)16(4)25-20(18)21-19(23)17-8-6-5-7-9-17/h5-9,13-14H,10-12H2,1-4H3,(H,21,23)/t13-,14-/m0/s1. The van der Waals surface area contributed by atoms with Crippen molar-refractivity contribution in [1.29, 1.82) is 0 Å². The summed E-state index contributed by atoms with van der Waals surface area (Å²) in [6, 6.07) is 9.37. The van der Waals surface area contributed by atoms with Gasteiger partial charge in [-0.3, -0.25) is 9.69 Å². The van der Waals surface area contributed by atoms with Crippen molar-refractivity contribution in [2.24, 2.45) is 0 Å². The van der Waals surface area contributed by atoms with E-state index in [0.717, 1.165) is 24.6 Å². The molecule has 1 amide bonds. The van der Waals surface area contributed by atoms with Gasteiger partial charge in [0.1, 0.15) is 5.00 Å². The van der Waals surface area contributed by atoms with E-state index in [1.807, 2.05) is 30.3 Å². The third-order valence-corrected chi connectivity index (χ3v) is 5.81. The molecule has 0 bridgehead atoms. The summed E-state index contributed by atoms with van der Waals surface area (Å²) in [5, 5.41) is 4.09. The summed E-state index contributed by atoms with van der Waals surface area (Å²) in [4.78, 5) is 16.2. The van der Waals surface area contributed by atoms with Gasteiger partial charge >= 0.3 is 0 Å². The third-order valence-electron chi connectivity index (χ3n) is 4.65. The summed E-state index contributed by atoms with van der Waals surface area (Å²) >= 11 is 1.66. The largest absolute Gasteiger partial charge is 0.373 e. The molecule has 1 aliphatic heterocycles. The first kappa shape index (κ1) is 18.1. The molecule has 0 unspecified atom stereocenters. The summed E-state index contributed by atoms with van der Waals surface area (Å²) in [7, 11) is 0. The molecule has 4 nitrogen and oxygen atoms in total. The number of nitrogens with one attached hydrogen (secondary N) is 1. The molecule has 5 heteroatoms. The van der Waals surface area contributed by atoms with Gasteiger partial charge in [0.15, 0.2) is 0 Å². The van der Waals surface area contributed by atoms with E-state index in [1.165, 1.54) is 16.0 Å². The average Bonchev–Trinajstić information content (AvgIpc) is 2.82. The summed E-state index contributed by atoms with van der Waals surface area (Å²) in [6.45, 7) is 11.2. The van der Waals surface area contributed by atoms with E-state index < -0.39 is 0 Å². The van der Waals surface area contributed by atoms with Crippen LogP contribution in [0.5, 0.6) is 0 Å². The first-order chi connectivity index (χ1) is 11.9. The zero-order valence-electron chi connectivity index (χ0n) is 15.3. The highest BCUT2D eigenvalue weighted by atomic mass is 32.1. The van der Waals surface area contributed by atoms with Crippen LogP contribution in [0.2, 0.25) is 0 Å². The van der Waals surface area contributed by atoms with Crippen LogP contribution in [0.4, 0.5) is 5.00 Å². The Labute approximate surface area is 153 Å². The normalized spacial score (nSPS) is 21.3. The van der Waals surface area contributed by atoms with E-state index in [1.54, 1.807) is 11.3 Å². The summed E-state index contributed by atoms with van der Waals surface area (Å²) in [5.74, 6) is -0.0492. The topological polar surface area (TPSA) is 41.6 Å². The Kier molecular flexibility index (Phi) is 5.57. The van der Waals surface area contributed by atoms with Crippen LogP contribution in [0.1, 0.15) is 40.2 Å². The number of rotatable bonds is 4. The second-order valence-corrected chi connectivity index (χ2v) is 8.09. The van der Waals surface area contributed by atoms with Gasteiger partial charge in [0, 0.05) is 35.6 Å². The van der Waals surface area contributed by atoms with Gasteiger partial charge < -0.3 is 10.1 Å². The SMILES string of the molecule is Cc1sc(NC(=O)c2ccccc2)c(CN2C[C@H](C)O[C@@H](C)C2)c1C. The van der Waals surface area contributed by atoms with Gasteiger partial charge in [-0.1, -0.05) is 18.2 Å². The van der Waals surface area contributed by atoms with Crippen LogP contribution in [-0.4, -0.2) is 36.1 Å². The van der Waals surface area contributed by atoms with Crippen LogP contribution in [-0.2, 0) is 11.3 Å². The van der Waals surface area contributed by atoms with E-state index in [9.17, 15) is 4.79 Å². The maximum Gasteiger partial charge on any atom is 0.256 e. The van der Waals surface area contributed by atoms with Crippen molar-refractivity contribution in [1.82, 2.24) is 4.90 Å². The molecule has 1 fully saturated rings. The molecular weight excluding hydrogens is 332 g/mol. The maximum absolute atomic E-state index is 12.5. The van der Waals surface area contributed by atoms with Crippen molar-refractivity contribution in [3.8, 4) is 0 Å². The molecule has 25 heavy (non-hydrogen) atoms. The molecule has 0 saturated carbocycles. The van der Waals surface area contributed by atoms with Gasteiger partial charge in [0.2, 0.25) is 0 Å². The molecule has 2 heterocycles. The van der Waals surface area contributed by atoms with Crippen LogP contribution in [0, 0.1) is 13.8 Å². The van der Waals surface area contributed by atoms with Crippen molar-refractivity contribution >= 4 is 22.2 Å². The van der Waals surface area contributed by atoms with Crippen LogP contribution in [0.15, 0.2) is 30.3 Å². The molecule has 0 aliphatic carbocycles. The Morgan fingerprint density at radius 1 is 1.20 bits per heavy atom. The van der Waals surface area contributed by atoms with Gasteiger partial charge in [-0.05, 0) is 45.4 Å². The van der Waals surface area contributed by atoms with Crippen molar-refractivity contribution in [2.45, 2.75) is 46.4 Å². The number of hydrogen-bond acceptors (Lipinski definition) is 4. The Bertz CT molecular complexity index is 732. The van der Waals surface area contributed by atoms with E-state index in [2.05, 4.69) is 37.9 Å². The first-order valence-corrected chi connectivity index (χ1v) is 9.58. The highest BCUT2D eigenvalue weighted by Crippen LogP contribution is 2.34. The second kappa shape index (κ2) is 7.68. The number of carbonyl (C=O) groups is 1. The van der Waals surface area contributed by atoms with Gasteiger partial charge in [-0.25, -0.2) is 0 Å². The number of anilines is 1. The van der Waals surface area contributed by atoms with Crippen molar-refractivity contribution < 1.29 is 9.53 Å². The Morgan fingerprint density at radius 3 is 2.48 bits per heavy atom. The Morgan fingerprint density at radius 2 is 1.84 bits per heavy atom. The minimum Gasteiger partial charge on any atom is -0.373 e. The lowest BCUT2D eigenvalue weighted by Gasteiger charge is -2.35. The van der Waals surface area contributed by atoms with Crippen LogP contribution in [0.3, 0.4) is 0 Å².